The lowest BCUT2D eigenvalue weighted by molar-refractivity contribution is -0.127. The maximum absolute atomic E-state index is 13.4. The molecule has 2 fully saturated rings. The summed E-state index contributed by atoms with van der Waals surface area (Å²) in [5.41, 5.74) is 0.502. The van der Waals surface area contributed by atoms with E-state index in [9.17, 15) is 13.2 Å². The first-order valence-corrected chi connectivity index (χ1v) is 13.0. The Kier molecular flexibility index (Phi) is 6.88. The number of benzene rings is 1. The number of nitrogens with one attached hydrogen (secondary N) is 1. The summed E-state index contributed by atoms with van der Waals surface area (Å²) in [7, 11) is -3.89. The molecule has 8 nitrogen and oxygen atoms in total. The van der Waals surface area contributed by atoms with E-state index >= 15 is 0 Å². The van der Waals surface area contributed by atoms with Gasteiger partial charge in [-0.1, -0.05) is 23.7 Å². The van der Waals surface area contributed by atoms with Gasteiger partial charge in [0.25, 0.3) is 0 Å². The number of halogens is 1. The number of rotatable bonds is 5. The molecule has 1 unspecified atom stereocenters. The topological polar surface area (TPSA) is 105 Å². The molecule has 1 N–H and O–H groups in total. The van der Waals surface area contributed by atoms with Gasteiger partial charge in [-0.25, -0.2) is 8.42 Å². The van der Waals surface area contributed by atoms with Crippen LogP contribution in [0.2, 0.25) is 5.02 Å². The molecule has 1 amide bonds. The fraction of sp³-hybridized carbons (Fsp3) is 0.591. The summed E-state index contributed by atoms with van der Waals surface area (Å²) < 4.78 is 33.2. The van der Waals surface area contributed by atoms with E-state index in [1.807, 2.05) is 0 Å². The van der Waals surface area contributed by atoms with Crippen molar-refractivity contribution in [3.8, 4) is 11.4 Å². The van der Waals surface area contributed by atoms with E-state index < -0.39 is 10.0 Å². The first-order chi connectivity index (χ1) is 15.2. The highest BCUT2D eigenvalue weighted by Crippen LogP contribution is 2.32. The Morgan fingerprint density at radius 1 is 1.22 bits per heavy atom. The zero-order chi connectivity index (χ0) is 22.9. The Morgan fingerprint density at radius 2 is 1.97 bits per heavy atom. The third-order valence-electron chi connectivity index (χ3n) is 6.45. The molecule has 1 aliphatic carbocycles. The molecule has 2 aliphatic rings. The minimum Gasteiger partial charge on any atom is -0.353 e. The van der Waals surface area contributed by atoms with Crippen LogP contribution in [-0.2, 0) is 14.8 Å². The van der Waals surface area contributed by atoms with Crippen molar-refractivity contribution in [2.45, 2.75) is 63.3 Å². The van der Waals surface area contributed by atoms with Gasteiger partial charge in [-0.2, -0.15) is 9.29 Å². The van der Waals surface area contributed by atoms with Gasteiger partial charge in [0.05, 0.1) is 10.9 Å². The van der Waals surface area contributed by atoms with Crippen LogP contribution in [0.4, 0.5) is 0 Å². The van der Waals surface area contributed by atoms with Gasteiger partial charge in [-0.05, 0) is 62.6 Å². The summed E-state index contributed by atoms with van der Waals surface area (Å²) >= 11 is 6.28. The number of aryl methyl sites for hydroxylation is 1. The van der Waals surface area contributed by atoms with Crippen LogP contribution in [0.1, 0.15) is 51.3 Å². The van der Waals surface area contributed by atoms with Gasteiger partial charge in [0, 0.05) is 31.6 Å². The van der Waals surface area contributed by atoms with E-state index in [1.165, 1.54) is 16.4 Å². The number of sulfonamides is 1. The quantitative estimate of drug-likeness (QED) is 0.697. The number of carbonyl (C=O) groups excluding carboxylic acids is 1. The SMILES string of the molecule is Cc1nc(-c2ccc(Cl)c(S(=O)(=O)N3CCCC(C(=O)NC4CCC(C)CC4)C3)c2)no1. The molecule has 32 heavy (non-hydrogen) atoms. The van der Waals surface area contributed by atoms with E-state index in [0.717, 1.165) is 25.7 Å². The van der Waals surface area contributed by atoms with Crippen molar-refractivity contribution in [3.63, 3.8) is 0 Å². The molecule has 1 saturated heterocycles. The highest BCUT2D eigenvalue weighted by molar-refractivity contribution is 7.89. The van der Waals surface area contributed by atoms with Crippen molar-refractivity contribution < 1.29 is 17.7 Å². The van der Waals surface area contributed by atoms with Crippen molar-refractivity contribution in [2.24, 2.45) is 11.8 Å². The second-order valence-electron chi connectivity index (χ2n) is 8.95. The maximum Gasteiger partial charge on any atom is 0.244 e. The van der Waals surface area contributed by atoms with Crippen molar-refractivity contribution >= 4 is 27.5 Å². The zero-order valence-electron chi connectivity index (χ0n) is 18.4. The Morgan fingerprint density at radius 3 is 2.66 bits per heavy atom. The highest BCUT2D eigenvalue weighted by Gasteiger charge is 2.35. The first-order valence-electron chi connectivity index (χ1n) is 11.1. The summed E-state index contributed by atoms with van der Waals surface area (Å²) in [6.45, 7) is 4.41. The molecule has 0 spiro atoms. The van der Waals surface area contributed by atoms with Gasteiger partial charge in [0.1, 0.15) is 4.90 Å². The number of hydrogen-bond donors (Lipinski definition) is 1. The lowest BCUT2D eigenvalue weighted by Crippen LogP contribution is -2.48. The molecule has 1 aliphatic heterocycles. The van der Waals surface area contributed by atoms with Crippen LogP contribution in [0, 0.1) is 18.8 Å². The van der Waals surface area contributed by atoms with Crippen LogP contribution in [-0.4, -0.2) is 47.9 Å². The molecule has 1 aromatic heterocycles. The summed E-state index contributed by atoms with van der Waals surface area (Å²) in [5, 5.41) is 7.13. The van der Waals surface area contributed by atoms with Gasteiger partial charge in [-0.3, -0.25) is 4.79 Å². The van der Waals surface area contributed by atoms with E-state index in [-0.39, 0.29) is 34.3 Å². The highest BCUT2D eigenvalue weighted by atomic mass is 35.5. The lowest BCUT2D eigenvalue weighted by Gasteiger charge is -2.33. The number of hydrogen-bond acceptors (Lipinski definition) is 6. The molecular formula is C22H29ClN4O4S. The smallest absolute Gasteiger partial charge is 0.244 e. The average molecular weight is 481 g/mol. The second kappa shape index (κ2) is 9.49. The maximum atomic E-state index is 13.4. The summed E-state index contributed by atoms with van der Waals surface area (Å²) in [6, 6.07) is 4.83. The average Bonchev–Trinajstić information content (AvgIpc) is 3.22. The van der Waals surface area contributed by atoms with Crippen molar-refractivity contribution in [1.29, 1.82) is 0 Å². The molecular weight excluding hydrogens is 452 g/mol. The Hall–Kier alpha value is -1.97. The molecule has 1 saturated carbocycles. The molecule has 0 radical (unpaired) electrons. The lowest BCUT2D eigenvalue weighted by atomic mass is 9.87. The molecule has 2 heterocycles. The molecule has 1 aromatic carbocycles. The number of amides is 1. The molecule has 10 heteroatoms. The molecule has 0 bridgehead atoms. The van der Waals surface area contributed by atoms with Crippen molar-refractivity contribution in [2.75, 3.05) is 13.1 Å². The number of nitrogens with zero attached hydrogens (tertiary/aromatic N) is 3. The minimum atomic E-state index is -3.89. The van der Waals surface area contributed by atoms with Gasteiger partial charge in [0.15, 0.2) is 0 Å². The summed E-state index contributed by atoms with van der Waals surface area (Å²) in [6.07, 6.45) is 5.51. The summed E-state index contributed by atoms with van der Waals surface area (Å²) in [5.74, 6) is 0.978. The monoisotopic (exact) mass is 480 g/mol. The molecule has 2 aromatic rings. The second-order valence-corrected chi connectivity index (χ2v) is 11.3. The minimum absolute atomic E-state index is 0.0125. The standard InChI is InChI=1S/C22H29ClN4O4S/c1-14-5-8-18(9-6-14)25-22(28)17-4-3-11-27(13-17)32(29,30)20-12-16(7-10-19(20)23)21-24-15(2)31-26-21/h7,10,12,14,17-18H,3-6,8-9,11,13H2,1-2H3,(H,25,28). The van der Waals surface area contributed by atoms with E-state index in [4.69, 9.17) is 16.1 Å². The predicted octanol–water partition coefficient (Wildman–Crippen LogP) is 3.79. The van der Waals surface area contributed by atoms with Crippen LogP contribution in [0.25, 0.3) is 11.4 Å². The number of carbonyl (C=O) groups is 1. The molecule has 4 rings (SSSR count). The van der Waals surface area contributed by atoms with Crippen LogP contribution >= 0.6 is 11.6 Å². The van der Waals surface area contributed by atoms with Crippen molar-refractivity contribution in [3.05, 3.63) is 29.1 Å². The van der Waals surface area contributed by atoms with Crippen LogP contribution in [0.15, 0.2) is 27.6 Å². The number of piperidine rings is 1. The zero-order valence-corrected chi connectivity index (χ0v) is 20.0. The largest absolute Gasteiger partial charge is 0.353 e. The molecule has 1 atom stereocenters. The fourth-order valence-corrected chi connectivity index (χ4v) is 6.52. The fourth-order valence-electron chi connectivity index (χ4n) is 4.49. The normalized spacial score (nSPS) is 24.9. The van der Waals surface area contributed by atoms with Gasteiger partial charge in [-0.15, -0.1) is 0 Å². The predicted molar refractivity (Wildman–Crippen MR) is 121 cm³/mol. The van der Waals surface area contributed by atoms with Gasteiger partial charge >= 0.3 is 0 Å². The third-order valence-corrected chi connectivity index (χ3v) is 8.80. The van der Waals surface area contributed by atoms with Gasteiger partial charge < -0.3 is 9.84 Å². The third kappa shape index (κ3) is 5.00. The van der Waals surface area contributed by atoms with Crippen molar-refractivity contribution in [1.82, 2.24) is 19.8 Å². The van der Waals surface area contributed by atoms with Gasteiger partial charge in [0.2, 0.25) is 27.6 Å². The van der Waals surface area contributed by atoms with Crippen LogP contribution < -0.4 is 5.32 Å². The van der Waals surface area contributed by atoms with Crippen LogP contribution in [0.3, 0.4) is 0 Å². The molecule has 174 valence electrons. The Balaban J connectivity index is 1.49. The van der Waals surface area contributed by atoms with E-state index in [0.29, 0.717) is 42.6 Å². The van der Waals surface area contributed by atoms with Crippen LogP contribution in [0.5, 0.6) is 0 Å². The Bertz CT molecular complexity index is 1080. The number of aromatic nitrogens is 2. The Labute approximate surface area is 193 Å². The summed E-state index contributed by atoms with van der Waals surface area (Å²) in [4.78, 5) is 17.0. The van der Waals surface area contributed by atoms with E-state index in [1.54, 1.807) is 13.0 Å². The first kappa shape index (κ1) is 23.2. The van der Waals surface area contributed by atoms with E-state index in [2.05, 4.69) is 22.4 Å².